The minimum absolute atomic E-state index is 0.259. The molecule has 7 nitrogen and oxygen atoms in total. The lowest BCUT2D eigenvalue weighted by molar-refractivity contribution is -0.387. The first-order valence-electron chi connectivity index (χ1n) is 6.05. The number of hydrogen-bond acceptors (Lipinski definition) is 5. The molecule has 9 heteroatoms. The van der Waals surface area contributed by atoms with E-state index in [0.29, 0.717) is 12.8 Å². The summed E-state index contributed by atoms with van der Waals surface area (Å²) in [5, 5.41) is 10.7. The van der Waals surface area contributed by atoms with Crippen molar-refractivity contribution in [2.24, 2.45) is 5.73 Å². The van der Waals surface area contributed by atoms with Gasteiger partial charge in [-0.15, -0.1) is 0 Å². The van der Waals surface area contributed by atoms with Gasteiger partial charge in [-0.05, 0) is 31.4 Å². The van der Waals surface area contributed by atoms with Crippen molar-refractivity contribution in [1.29, 1.82) is 0 Å². The van der Waals surface area contributed by atoms with Crippen molar-refractivity contribution in [3.63, 3.8) is 0 Å². The first kappa shape index (κ1) is 14.8. The highest BCUT2D eigenvalue weighted by atomic mass is 32.2. The van der Waals surface area contributed by atoms with Gasteiger partial charge in [0.15, 0.2) is 0 Å². The van der Waals surface area contributed by atoms with E-state index in [1.807, 2.05) is 0 Å². The second kappa shape index (κ2) is 5.43. The summed E-state index contributed by atoms with van der Waals surface area (Å²) >= 11 is 0. The topological polar surface area (TPSA) is 107 Å². The summed E-state index contributed by atoms with van der Waals surface area (Å²) in [5.41, 5.74) is 4.90. The van der Waals surface area contributed by atoms with Crippen LogP contribution in [0, 0.1) is 15.9 Å². The zero-order valence-electron chi connectivity index (χ0n) is 10.5. The lowest BCUT2D eigenvalue weighted by atomic mass is 10.1. The third-order valence-electron chi connectivity index (χ3n) is 3.22. The summed E-state index contributed by atoms with van der Waals surface area (Å²) in [7, 11) is -3.95. The van der Waals surface area contributed by atoms with E-state index in [1.165, 1.54) is 0 Å². The SMILES string of the molecule is NC1CCCCN1S(=O)(=O)c1ccc(F)c([N+](=O)[O-])c1. The van der Waals surface area contributed by atoms with Crippen LogP contribution in [-0.2, 0) is 10.0 Å². The molecule has 2 rings (SSSR count). The van der Waals surface area contributed by atoms with Crippen molar-refractivity contribution in [3.8, 4) is 0 Å². The maximum atomic E-state index is 13.3. The first-order chi connectivity index (χ1) is 9.34. The quantitative estimate of drug-likeness (QED) is 0.667. The van der Waals surface area contributed by atoms with Gasteiger partial charge in [0, 0.05) is 12.6 Å². The minimum atomic E-state index is -3.95. The molecule has 0 aliphatic carbocycles. The molecule has 1 aromatic rings. The van der Waals surface area contributed by atoms with E-state index in [1.54, 1.807) is 0 Å². The molecule has 0 spiro atoms. The average Bonchev–Trinajstić information content (AvgIpc) is 2.38. The Kier molecular flexibility index (Phi) is 4.02. The number of nitro groups is 1. The van der Waals surface area contributed by atoms with Crippen molar-refractivity contribution in [2.75, 3.05) is 6.54 Å². The van der Waals surface area contributed by atoms with Gasteiger partial charge in [-0.3, -0.25) is 10.1 Å². The van der Waals surface area contributed by atoms with Crippen molar-refractivity contribution in [3.05, 3.63) is 34.1 Å². The second-order valence-corrected chi connectivity index (χ2v) is 6.44. The fourth-order valence-electron chi connectivity index (χ4n) is 2.16. The van der Waals surface area contributed by atoms with E-state index in [-0.39, 0.29) is 11.4 Å². The summed E-state index contributed by atoms with van der Waals surface area (Å²) in [4.78, 5) is 9.40. The third-order valence-corrected chi connectivity index (χ3v) is 5.14. The summed E-state index contributed by atoms with van der Waals surface area (Å²) in [6.07, 6.45) is 1.38. The van der Waals surface area contributed by atoms with Crippen LogP contribution >= 0.6 is 0 Å². The fourth-order valence-corrected chi connectivity index (χ4v) is 3.76. The Hall–Kier alpha value is -1.58. The van der Waals surface area contributed by atoms with Crippen LogP contribution in [0.4, 0.5) is 10.1 Å². The summed E-state index contributed by atoms with van der Waals surface area (Å²) in [5.74, 6) is -1.07. The standard InChI is InChI=1S/C11H14FN3O4S/c12-9-5-4-8(7-10(9)15(16)17)20(18,19)14-6-2-1-3-11(14)13/h4-5,7,11H,1-3,6,13H2. The Morgan fingerprint density at radius 2 is 2.10 bits per heavy atom. The van der Waals surface area contributed by atoms with Crippen molar-refractivity contribution >= 4 is 15.7 Å². The first-order valence-corrected chi connectivity index (χ1v) is 7.49. The monoisotopic (exact) mass is 303 g/mol. The van der Waals surface area contributed by atoms with Crippen LogP contribution in [0.15, 0.2) is 23.1 Å². The summed E-state index contributed by atoms with van der Waals surface area (Å²) in [6, 6.07) is 2.52. The molecule has 1 unspecified atom stereocenters. The predicted molar refractivity (Wildman–Crippen MR) is 68.8 cm³/mol. The molecule has 1 atom stereocenters. The van der Waals surface area contributed by atoms with Gasteiger partial charge in [0.1, 0.15) is 0 Å². The number of nitrogens with two attached hydrogens (primary N) is 1. The summed E-state index contributed by atoms with van der Waals surface area (Å²) < 4.78 is 39.1. The molecule has 1 aromatic carbocycles. The maximum Gasteiger partial charge on any atom is 0.306 e. The molecule has 0 aromatic heterocycles. The summed E-state index contributed by atoms with van der Waals surface area (Å²) in [6.45, 7) is 0.259. The average molecular weight is 303 g/mol. The molecule has 0 radical (unpaired) electrons. The van der Waals surface area contributed by atoms with E-state index in [0.717, 1.165) is 28.9 Å². The van der Waals surface area contributed by atoms with Crippen LogP contribution in [0.25, 0.3) is 0 Å². The van der Waals surface area contributed by atoms with E-state index in [4.69, 9.17) is 5.73 Å². The molecule has 1 fully saturated rings. The molecule has 1 aliphatic heterocycles. The van der Waals surface area contributed by atoms with Gasteiger partial charge in [-0.2, -0.15) is 8.70 Å². The highest BCUT2D eigenvalue weighted by Crippen LogP contribution is 2.27. The van der Waals surface area contributed by atoms with Crippen LogP contribution < -0.4 is 5.73 Å². The lowest BCUT2D eigenvalue weighted by Crippen LogP contribution is -2.48. The number of halogens is 1. The van der Waals surface area contributed by atoms with E-state index < -0.39 is 32.6 Å². The molecular formula is C11H14FN3O4S. The molecule has 0 saturated carbocycles. The largest absolute Gasteiger partial charge is 0.315 e. The van der Waals surface area contributed by atoms with Crippen molar-refractivity contribution in [2.45, 2.75) is 30.3 Å². The Morgan fingerprint density at radius 1 is 1.40 bits per heavy atom. The van der Waals surface area contributed by atoms with E-state index in [9.17, 15) is 22.9 Å². The number of rotatable bonds is 3. The van der Waals surface area contributed by atoms with Gasteiger partial charge < -0.3 is 5.73 Å². The van der Waals surface area contributed by atoms with Crippen LogP contribution in [0.2, 0.25) is 0 Å². The highest BCUT2D eigenvalue weighted by molar-refractivity contribution is 7.89. The number of sulfonamides is 1. The Morgan fingerprint density at radius 3 is 2.70 bits per heavy atom. The van der Waals surface area contributed by atoms with Crippen LogP contribution in [0.5, 0.6) is 0 Å². The number of nitro benzene ring substituents is 1. The molecule has 110 valence electrons. The molecule has 1 saturated heterocycles. The Bertz CT molecular complexity index is 635. The van der Waals surface area contributed by atoms with Gasteiger partial charge >= 0.3 is 5.69 Å². The molecular weight excluding hydrogens is 289 g/mol. The maximum absolute atomic E-state index is 13.3. The van der Waals surface area contributed by atoms with Gasteiger partial charge in [-0.25, -0.2) is 8.42 Å². The zero-order valence-corrected chi connectivity index (χ0v) is 11.3. The Balaban J connectivity index is 2.44. The van der Waals surface area contributed by atoms with Crippen LogP contribution in [0.1, 0.15) is 19.3 Å². The number of benzene rings is 1. The van der Waals surface area contributed by atoms with Crippen molar-refractivity contribution in [1.82, 2.24) is 4.31 Å². The van der Waals surface area contributed by atoms with Gasteiger partial charge in [0.05, 0.1) is 16.0 Å². The smallest absolute Gasteiger partial charge is 0.306 e. The van der Waals surface area contributed by atoms with Crippen LogP contribution in [0.3, 0.4) is 0 Å². The second-order valence-electron chi connectivity index (χ2n) is 4.55. The zero-order chi connectivity index (χ0) is 14.9. The molecule has 1 aliphatic rings. The molecule has 0 amide bonds. The van der Waals surface area contributed by atoms with Gasteiger partial charge in [-0.1, -0.05) is 0 Å². The highest BCUT2D eigenvalue weighted by Gasteiger charge is 2.32. The van der Waals surface area contributed by atoms with Gasteiger partial charge in [0.25, 0.3) is 0 Å². The number of piperidine rings is 1. The molecule has 1 heterocycles. The molecule has 0 bridgehead atoms. The normalized spacial score (nSPS) is 20.8. The number of hydrogen-bond donors (Lipinski definition) is 1. The van der Waals surface area contributed by atoms with Crippen LogP contribution in [-0.4, -0.2) is 30.4 Å². The molecule has 20 heavy (non-hydrogen) atoms. The molecule has 2 N–H and O–H groups in total. The fraction of sp³-hybridized carbons (Fsp3) is 0.455. The number of nitrogens with zero attached hydrogens (tertiary/aromatic N) is 2. The third kappa shape index (κ3) is 2.65. The minimum Gasteiger partial charge on any atom is -0.315 e. The van der Waals surface area contributed by atoms with E-state index >= 15 is 0 Å². The van der Waals surface area contributed by atoms with E-state index in [2.05, 4.69) is 0 Å². The Labute approximate surface area is 115 Å². The van der Waals surface area contributed by atoms with Crippen molar-refractivity contribution < 1.29 is 17.7 Å². The lowest BCUT2D eigenvalue weighted by Gasteiger charge is -2.31. The predicted octanol–water partition coefficient (Wildman–Crippen LogP) is 1.19. The van der Waals surface area contributed by atoms with Gasteiger partial charge in [0.2, 0.25) is 15.8 Å².